The zero-order valence-electron chi connectivity index (χ0n) is 11.7. The molecule has 0 aliphatic rings. The van der Waals surface area contributed by atoms with E-state index in [-0.39, 0.29) is 24.5 Å². The molecule has 0 saturated heterocycles. The Hall–Kier alpha value is -1.30. The molecule has 0 atom stereocenters. The molecule has 0 aliphatic heterocycles. The van der Waals surface area contributed by atoms with Crippen LogP contribution >= 0.6 is 0 Å². The van der Waals surface area contributed by atoms with Gasteiger partial charge in [0.05, 0.1) is 6.61 Å². The van der Waals surface area contributed by atoms with Crippen LogP contribution in [-0.2, 0) is 9.53 Å². The molecule has 0 bridgehead atoms. The largest absolute Gasteiger partial charge is 0.480 e. The van der Waals surface area contributed by atoms with Gasteiger partial charge in [0.15, 0.2) is 0 Å². The Balaban J connectivity index is 4.15. The standard InChI is InChI=1S/C12H24N2O4/c1-12(2,3)5-6-13-11(17)14(7-8-18-4)9-10(15)16/h5-9H2,1-4H3,(H,13,17)(H,15,16). The fraction of sp³-hybridized carbons (Fsp3) is 0.833. The van der Waals surface area contributed by atoms with Gasteiger partial charge in [-0.05, 0) is 11.8 Å². The van der Waals surface area contributed by atoms with Crippen LogP contribution in [0.1, 0.15) is 27.2 Å². The third-order valence-corrected chi connectivity index (χ3v) is 2.33. The molecule has 0 aromatic heterocycles. The third kappa shape index (κ3) is 8.81. The number of carboxylic acids is 1. The number of hydrogen-bond acceptors (Lipinski definition) is 3. The number of methoxy groups -OCH3 is 1. The first-order chi connectivity index (χ1) is 8.26. The summed E-state index contributed by atoms with van der Waals surface area (Å²) in [7, 11) is 1.51. The first kappa shape index (κ1) is 16.7. The van der Waals surface area contributed by atoms with Gasteiger partial charge in [-0.3, -0.25) is 4.79 Å². The maximum absolute atomic E-state index is 11.8. The number of ether oxygens (including phenoxy) is 1. The van der Waals surface area contributed by atoms with Crippen molar-refractivity contribution in [3.63, 3.8) is 0 Å². The Morgan fingerprint density at radius 1 is 1.33 bits per heavy atom. The van der Waals surface area contributed by atoms with Gasteiger partial charge < -0.3 is 20.1 Å². The predicted molar refractivity (Wildman–Crippen MR) is 68.6 cm³/mol. The van der Waals surface area contributed by atoms with Crippen molar-refractivity contribution in [2.24, 2.45) is 5.41 Å². The van der Waals surface area contributed by atoms with E-state index >= 15 is 0 Å². The number of carboxylic acid groups (broad SMARTS) is 1. The maximum atomic E-state index is 11.8. The van der Waals surface area contributed by atoms with E-state index in [4.69, 9.17) is 9.84 Å². The molecule has 0 aromatic rings. The number of carbonyl (C=O) groups excluding carboxylic acids is 1. The van der Waals surface area contributed by atoms with E-state index in [1.54, 1.807) is 0 Å². The molecule has 0 spiro atoms. The fourth-order valence-electron chi connectivity index (χ4n) is 1.27. The van der Waals surface area contributed by atoms with Crippen molar-refractivity contribution in [2.45, 2.75) is 27.2 Å². The van der Waals surface area contributed by atoms with Gasteiger partial charge >= 0.3 is 12.0 Å². The summed E-state index contributed by atoms with van der Waals surface area (Å²) in [5.41, 5.74) is 0.136. The van der Waals surface area contributed by atoms with E-state index in [9.17, 15) is 9.59 Å². The Morgan fingerprint density at radius 3 is 2.39 bits per heavy atom. The molecule has 2 N–H and O–H groups in total. The van der Waals surface area contributed by atoms with Gasteiger partial charge in [0.25, 0.3) is 0 Å². The number of amides is 2. The lowest BCUT2D eigenvalue weighted by Gasteiger charge is -2.23. The minimum Gasteiger partial charge on any atom is -0.480 e. The smallest absolute Gasteiger partial charge is 0.323 e. The topological polar surface area (TPSA) is 78.9 Å². The first-order valence-electron chi connectivity index (χ1n) is 6.00. The molecule has 0 heterocycles. The number of nitrogens with zero attached hydrogens (tertiary/aromatic N) is 1. The van der Waals surface area contributed by atoms with Crippen LogP contribution in [0.4, 0.5) is 4.79 Å². The van der Waals surface area contributed by atoms with Crippen LogP contribution in [-0.4, -0.2) is 55.4 Å². The van der Waals surface area contributed by atoms with E-state index < -0.39 is 5.97 Å². The quantitative estimate of drug-likeness (QED) is 0.720. The second kappa shape index (κ2) is 7.92. The van der Waals surface area contributed by atoms with Gasteiger partial charge in [0.1, 0.15) is 6.54 Å². The van der Waals surface area contributed by atoms with Crippen molar-refractivity contribution in [3.05, 3.63) is 0 Å². The molecule has 0 radical (unpaired) electrons. The minimum absolute atomic E-state index is 0.136. The van der Waals surface area contributed by atoms with E-state index in [0.717, 1.165) is 6.42 Å². The van der Waals surface area contributed by atoms with Crippen LogP contribution < -0.4 is 5.32 Å². The lowest BCUT2D eigenvalue weighted by Crippen LogP contribution is -2.45. The summed E-state index contributed by atoms with van der Waals surface area (Å²) in [4.78, 5) is 23.6. The van der Waals surface area contributed by atoms with Gasteiger partial charge in [-0.2, -0.15) is 0 Å². The summed E-state index contributed by atoms with van der Waals surface area (Å²) in [6.07, 6.45) is 0.837. The second-order valence-electron chi connectivity index (χ2n) is 5.35. The molecule has 6 nitrogen and oxygen atoms in total. The number of hydrogen-bond donors (Lipinski definition) is 2. The third-order valence-electron chi connectivity index (χ3n) is 2.33. The predicted octanol–water partition coefficient (Wildman–Crippen LogP) is 1.17. The average molecular weight is 260 g/mol. The summed E-state index contributed by atoms with van der Waals surface area (Å²) in [6.45, 7) is 7.05. The maximum Gasteiger partial charge on any atom is 0.323 e. The van der Waals surface area contributed by atoms with Crippen molar-refractivity contribution in [2.75, 3.05) is 33.4 Å². The van der Waals surface area contributed by atoms with Crippen LogP contribution in [0.25, 0.3) is 0 Å². The van der Waals surface area contributed by atoms with Crippen molar-refractivity contribution in [3.8, 4) is 0 Å². The SMILES string of the molecule is COCCN(CC(=O)O)C(=O)NCCC(C)(C)C. The number of nitrogens with one attached hydrogen (secondary N) is 1. The highest BCUT2D eigenvalue weighted by molar-refractivity contribution is 5.80. The summed E-state index contributed by atoms with van der Waals surface area (Å²) in [5.74, 6) is -1.03. The Labute approximate surface area is 108 Å². The molecule has 0 fully saturated rings. The summed E-state index contributed by atoms with van der Waals surface area (Å²) in [6, 6.07) is -0.362. The van der Waals surface area contributed by atoms with Crippen LogP contribution in [0.15, 0.2) is 0 Å². The van der Waals surface area contributed by atoms with Gasteiger partial charge in [-0.25, -0.2) is 4.79 Å². The van der Waals surface area contributed by atoms with E-state index in [1.165, 1.54) is 12.0 Å². The molecule has 2 amide bonds. The molecule has 0 saturated carbocycles. The van der Waals surface area contributed by atoms with Gasteiger partial charge in [-0.1, -0.05) is 20.8 Å². The average Bonchev–Trinajstić information content (AvgIpc) is 2.21. The van der Waals surface area contributed by atoms with Crippen molar-refractivity contribution in [1.82, 2.24) is 10.2 Å². The minimum atomic E-state index is -1.03. The molecular weight excluding hydrogens is 236 g/mol. The normalized spacial score (nSPS) is 11.1. The van der Waals surface area contributed by atoms with E-state index in [1.807, 2.05) is 0 Å². The van der Waals surface area contributed by atoms with Crippen LogP contribution in [0.5, 0.6) is 0 Å². The van der Waals surface area contributed by atoms with Gasteiger partial charge in [0, 0.05) is 20.2 Å². The summed E-state index contributed by atoms with van der Waals surface area (Å²) in [5, 5.41) is 11.4. The van der Waals surface area contributed by atoms with Crippen LogP contribution in [0.2, 0.25) is 0 Å². The molecule has 6 heteroatoms. The van der Waals surface area contributed by atoms with E-state index in [2.05, 4.69) is 26.1 Å². The summed E-state index contributed by atoms with van der Waals surface area (Å²) < 4.78 is 4.85. The highest BCUT2D eigenvalue weighted by atomic mass is 16.5. The molecule has 0 aliphatic carbocycles. The van der Waals surface area contributed by atoms with Crippen molar-refractivity contribution < 1.29 is 19.4 Å². The zero-order chi connectivity index (χ0) is 14.2. The Bertz CT molecular complexity index is 274. The second-order valence-corrected chi connectivity index (χ2v) is 5.35. The fourth-order valence-corrected chi connectivity index (χ4v) is 1.27. The van der Waals surface area contributed by atoms with Crippen LogP contribution in [0.3, 0.4) is 0 Å². The lowest BCUT2D eigenvalue weighted by atomic mass is 9.92. The highest BCUT2D eigenvalue weighted by Gasteiger charge is 2.17. The molecule has 0 aromatic carbocycles. The molecule has 0 unspecified atom stereocenters. The summed E-state index contributed by atoms with van der Waals surface area (Å²) >= 11 is 0. The molecule has 106 valence electrons. The monoisotopic (exact) mass is 260 g/mol. The lowest BCUT2D eigenvalue weighted by molar-refractivity contribution is -0.137. The Kier molecular flexibility index (Phi) is 7.35. The number of carbonyl (C=O) groups is 2. The first-order valence-corrected chi connectivity index (χ1v) is 6.00. The number of rotatable bonds is 7. The molecule has 18 heavy (non-hydrogen) atoms. The van der Waals surface area contributed by atoms with Crippen molar-refractivity contribution in [1.29, 1.82) is 0 Å². The molecular formula is C12H24N2O4. The van der Waals surface area contributed by atoms with E-state index in [0.29, 0.717) is 13.2 Å². The van der Waals surface area contributed by atoms with Gasteiger partial charge in [0.2, 0.25) is 0 Å². The number of urea groups is 1. The molecule has 0 rings (SSSR count). The number of aliphatic carboxylic acids is 1. The zero-order valence-corrected chi connectivity index (χ0v) is 11.7. The highest BCUT2D eigenvalue weighted by Crippen LogP contribution is 2.16. The van der Waals surface area contributed by atoms with Crippen LogP contribution in [0, 0.1) is 5.41 Å². The van der Waals surface area contributed by atoms with Crippen molar-refractivity contribution >= 4 is 12.0 Å². The Morgan fingerprint density at radius 2 is 1.94 bits per heavy atom. The van der Waals surface area contributed by atoms with Gasteiger partial charge in [-0.15, -0.1) is 0 Å².